The third-order valence-electron chi connectivity index (χ3n) is 2.63. The fourth-order valence-corrected chi connectivity index (χ4v) is 3.07. The van der Waals surface area contributed by atoms with E-state index in [9.17, 15) is 4.79 Å². The molecule has 0 aromatic heterocycles. The molecule has 104 valence electrons. The molecule has 2 rings (SSSR count). The van der Waals surface area contributed by atoms with Crippen molar-refractivity contribution in [2.24, 2.45) is 0 Å². The summed E-state index contributed by atoms with van der Waals surface area (Å²) < 4.78 is 6.50. The van der Waals surface area contributed by atoms with Gasteiger partial charge in [0.1, 0.15) is 5.75 Å². The summed E-state index contributed by atoms with van der Waals surface area (Å²) in [6.45, 7) is 0. The molecule has 2 aromatic carbocycles. The minimum absolute atomic E-state index is 0.0534. The Hall–Kier alpha value is -1.21. The number of rotatable bonds is 5. The number of halogens is 1. The van der Waals surface area contributed by atoms with Crippen LogP contribution in [0.15, 0.2) is 52.3 Å². The van der Waals surface area contributed by atoms with Gasteiger partial charge in [0.05, 0.1) is 18.4 Å². The average molecular weight is 400 g/mol. The molecular formula is C15H13IO3S. The summed E-state index contributed by atoms with van der Waals surface area (Å²) in [5.74, 6) is 0.0289. The average Bonchev–Trinajstić information content (AvgIpc) is 2.42. The maximum atomic E-state index is 10.6. The Labute approximate surface area is 135 Å². The first-order valence-corrected chi connectivity index (χ1v) is 7.80. The zero-order valence-corrected chi connectivity index (χ0v) is 13.8. The molecule has 0 atom stereocenters. The van der Waals surface area contributed by atoms with Gasteiger partial charge in [-0.2, -0.15) is 0 Å². The monoisotopic (exact) mass is 400 g/mol. The SMILES string of the molecule is COc1cc(I)ccc1Sc1ccc(CC(=O)O)cc1. The second-order valence-corrected chi connectivity index (χ2v) is 6.47. The van der Waals surface area contributed by atoms with Gasteiger partial charge in [-0.05, 0) is 58.5 Å². The van der Waals surface area contributed by atoms with E-state index < -0.39 is 5.97 Å². The summed E-state index contributed by atoms with van der Waals surface area (Å²) >= 11 is 3.85. The van der Waals surface area contributed by atoms with Crippen LogP contribution < -0.4 is 4.74 Å². The minimum atomic E-state index is -0.815. The van der Waals surface area contributed by atoms with Crippen LogP contribution >= 0.6 is 34.4 Å². The quantitative estimate of drug-likeness (QED) is 0.769. The van der Waals surface area contributed by atoms with Crippen LogP contribution in [0.25, 0.3) is 0 Å². The van der Waals surface area contributed by atoms with Crippen LogP contribution in [0, 0.1) is 3.57 Å². The van der Waals surface area contributed by atoms with Crippen molar-refractivity contribution in [3.8, 4) is 5.75 Å². The summed E-state index contributed by atoms with van der Waals surface area (Å²) in [5.41, 5.74) is 0.802. The van der Waals surface area contributed by atoms with Gasteiger partial charge in [-0.1, -0.05) is 23.9 Å². The molecule has 0 unspecified atom stereocenters. The first kappa shape index (κ1) is 15.2. The van der Waals surface area contributed by atoms with E-state index in [2.05, 4.69) is 22.6 Å². The summed E-state index contributed by atoms with van der Waals surface area (Å²) in [6, 6.07) is 13.6. The second kappa shape index (κ2) is 6.99. The Bertz CT molecular complexity index is 611. The van der Waals surface area contributed by atoms with E-state index in [0.29, 0.717) is 0 Å². The van der Waals surface area contributed by atoms with Crippen LogP contribution in [0.2, 0.25) is 0 Å². The van der Waals surface area contributed by atoms with Gasteiger partial charge in [0.25, 0.3) is 0 Å². The predicted molar refractivity (Wildman–Crippen MR) is 87.6 cm³/mol. The van der Waals surface area contributed by atoms with Gasteiger partial charge in [-0.15, -0.1) is 0 Å². The Balaban J connectivity index is 2.16. The van der Waals surface area contributed by atoms with Crippen molar-refractivity contribution in [2.45, 2.75) is 16.2 Å². The zero-order chi connectivity index (χ0) is 14.5. The molecule has 2 aromatic rings. The highest BCUT2D eigenvalue weighted by Gasteiger charge is 2.06. The number of carboxylic acids is 1. The molecule has 0 bridgehead atoms. The molecule has 0 aliphatic heterocycles. The molecule has 0 amide bonds. The Morgan fingerprint density at radius 2 is 1.95 bits per heavy atom. The van der Waals surface area contributed by atoms with E-state index in [1.807, 2.05) is 42.5 Å². The van der Waals surface area contributed by atoms with E-state index >= 15 is 0 Å². The highest BCUT2D eigenvalue weighted by Crippen LogP contribution is 2.35. The standard InChI is InChI=1S/C15H13IO3S/c1-19-13-9-11(16)4-7-14(13)20-12-5-2-10(3-6-12)8-15(17)18/h2-7,9H,8H2,1H3,(H,17,18). The molecule has 5 heteroatoms. The molecule has 0 saturated carbocycles. The van der Waals surface area contributed by atoms with E-state index in [4.69, 9.17) is 9.84 Å². The van der Waals surface area contributed by atoms with E-state index in [-0.39, 0.29) is 6.42 Å². The molecule has 0 heterocycles. The Morgan fingerprint density at radius 1 is 1.25 bits per heavy atom. The molecule has 1 N–H and O–H groups in total. The molecule has 3 nitrogen and oxygen atoms in total. The normalized spacial score (nSPS) is 10.3. The van der Waals surface area contributed by atoms with Crippen molar-refractivity contribution in [1.29, 1.82) is 0 Å². The maximum Gasteiger partial charge on any atom is 0.307 e. The van der Waals surface area contributed by atoms with Gasteiger partial charge in [0.15, 0.2) is 0 Å². The van der Waals surface area contributed by atoms with Crippen molar-refractivity contribution < 1.29 is 14.6 Å². The van der Waals surface area contributed by atoms with Gasteiger partial charge >= 0.3 is 5.97 Å². The van der Waals surface area contributed by atoms with Crippen LogP contribution in [-0.4, -0.2) is 18.2 Å². The topological polar surface area (TPSA) is 46.5 Å². The third kappa shape index (κ3) is 4.14. The number of hydrogen-bond acceptors (Lipinski definition) is 3. The number of carboxylic acid groups (broad SMARTS) is 1. The summed E-state index contributed by atoms with van der Waals surface area (Å²) in [6.07, 6.45) is 0.0534. The molecule has 0 spiro atoms. The second-order valence-electron chi connectivity index (χ2n) is 4.11. The minimum Gasteiger partial charge on any atom is -0.496 e. The van der Waals surface area contributed by atoms with Gasteiger partial charge in [0, 0.05) is 8.47 Å². The van der Waals surface area contributed by atoms with E-state index in [1.165, 1.54) is 0 Å². The van der Waals surface area contributed by atoms with Crippen molar-refractivity contribution in [3.05, 3.63) is 51.6 Å². The van der Waals surface area contributed by atoms with Crippen LogP contribution in [0.1, 0.15) is 5.56 Å². The largest absolute Gasteiger partial charge is 0.496 e. The zero-order valence-electron chi connectivity index (χ0n) is 10.8. The van der Waals surface area contributed by atoms with Crippen LogP contribution in [0.3, 0.4) is 0 Å². The highest BCUT2D eigenvalue weighted by molar-refractivity contribution is 14.1. The van der Waals surface area contributed by atoms with Crippen molar-refractivity contribution in [3.63, 3.8) is 0 Å². The number of methoxy groups -OCH3 is 1. The lowest BCUT2D eigenvalue weighted by atomic mass is 10.2. The molecular weight excluding hydrogens is 387 g/mol. The van der Waals surface area contributed by atoms with Crippen molar-refractivity contribution in [1.82, 2.24) is 0 Å². The number of carbonyl (C=O) groups is 1. The lowest BCUT2D eigenvalue weighted by molar-refractivity contribution is -0.136. The molecule has 0 aliphatic carbocycles. The molecule has 0 radical (unpaired) electrons. The summed E-state index contributed by atoms with van der Waals surface area (Å²) in [4.78, 5) is 12.7. The molecule has 0 saturated heterocycles. The van der Waals surface area contributed by atoms with Crippen molar-refractivity contribution >= 4 is 40.3 Å². The maximum absolute atomic E-state index is 10.6. The lowest BCUT2D eigenvalue weighted by Crippen LogP contribution is -1.99. The van der Waals surface area contributed by atoms with Gasteiger partial charge in [-0.25, -0.2) is 0 Å². The Morgan fingerprint density at radius 3 is 2.55 bits per heavy atom. The van der Waals surface area contributed by atoms with Gasteiger partial charge in [-0.3, -0.25) is 4.79 Å². The predicted octanol–water partition coefficient (Wildman–Crippen LogP) is 4.08. The van der Waals surface area contributed by atoms with Crippen LogP contribution in [0.5, 0.6) is 5.75 Å². The number of benzene rings is 2. The van der Waals surface area contributed by atoms with Crippen LogP contribution in [-0.2, 0) is 11.2 Å². The lowest BCUT2D eigenvalue weighted by Gasteiger charge is -2.09. The van der Waals surface area contributed by atoms with Gasteiger partial charge < -0.3 is 9.84 Å². The van der Waals surface area contributed by atoms with E-state index in [1.54, 1.807) is 18.9 Å². The van der Waals surface area contributed by atoms with Gasteiger partial charge in [0.2, 0.25) is 0 Å². The third-order valence-corrected chi connectivity index (χ3v) is 4.37. The number of hydrogen-bond donors (Lipinski definition) is 1. The summed E-state index contributed by atoms with van der Waals surface area (Å²) in [5, 5.41) is 8.74. The van der Waals surface area contributed by atoms with Crippen molar-refractivity contribution in [2.75, 3.05) is 7.11 Å². The molecule has 0 aliphatic rings. The first-order chi connectivity index (χ1) is 9.58. The highest BCUT2D eigenvalue weighted by atomic mass is 127. The first-order valence-electron chi connectivity index (χ1n) is 5.90. The fraction of sp³-hybridized carbons (Fsp3) is 0.133. The smallest absolute Gasteiger partial charge is 0.307 e. The Kier molecular flexibility index (Phi) is 5.31. The van der Waals surface area contributed by atoms with E-state index in [0.717, 1.165) is 24.7 Å². The molecule has 20 heavy (non-hydrogen) atoms. The fourth-order valence-electron chi connectivity index (χ4n) is 1.70. The number of ether oxygens (including phenoxy) is 1. The summed E-state index contributed by atoms with van der Waals surface area (Å²) in [7, 11) is 1.66. The number of aliphatic carboxylic acids is 1. The molecule has 0 fully saturated rings. The van der Waals surface area contributed by atoms with Crippen LogP contribution in [0.4, 0.5) is 0 Å².